The van der Waals surface area contributed by atoms with Crippen LogP contribution in [0.3, 0.4) is 0 Å². The molecular weight excluding hydrogens is 573 g/mol. The van der Waals surface area contributed by atoms with Gasteiger partial charge in [-0.2, -0.15) is 0 Å². The Kier molecular flexibility index (Phi) is 13.1. The zero-order valence-electron chi connectivity index (χ0n) is 21.1. The third kappa shape index (κ3) is 9.72. The summed E-state index contributed by atoms with van der Waals surface area (Å²) in [5, 5.41) is 25.8. The number of nitrogens with one attached hydrogen (secondary N) is 4. The number of carboxylic acids is 2. The Morgan fingerprint density at radius 2 is 1.10 bits per heavy atom. The fourth-order valence-corrected chi connectivity index (χ4v) is 4.97. The summed E-state index contributed by atoms with van der Waals surface area (Å²) in [6.07, 6.45) is -0.304. The number of benzene rings is 2. The van der Waals surface area contributed by atoms with E-state index < -0.39 is 22.4 Å². The van der Waals surface area contributed by atoms with Crippen molar-refractivity contribution in [3.8, 4) is 0 Å². The van der Waals surface area contributed by atoms with Crippen molar-refractivity contribution in [2.45, 2.75) is 33.7 Å². The molecule has 12 nitrogen and oxygen atoms in total. The van der Waals surface area contributed by atoms with Crippen LogP contribution in [0.25, 0.3) is 22.1 Å². The largest absolute Gasteiger partial charge is 2.00 e. The van der Waals surface area contributed by atoms with E-state index in [9.17, 15) is 29.4 Å². The predicted molar refractivity (Wildman–Crippen MR) is 145 cm³/mol. The van der Waals surface area contributed by atoms with Crippen molar-refractivity contribution >= 4 is 107 Å². The van der Waals surface area contributed by atoms with E-state index in [1.807, 2.05) is 48.5 Å². The second-order valence-corrected chi connectivity index (χ2v) is 10.1. The number of carboxylic acid groups (broad SMARTS) is 2. The van der Waals surface area contributed by atoms with Gasteiger partial charge < -0.3 is 40.4 Å². The first-order valence-electron chi connectivity index (χ1n) is 11.3. The molecule has 2 atom stereocenters. The standard InChI is InChI=1S/2C12H13N3O3S.Ca/c2*1-13-10(16)6-9(11(17)18)19-12-14-7-4-2-3-5-8(7)15-12;/h2*2-5,9H,6H2,1H3,(H,13,16)(H,14,15)(H,17,18);/q;;+2/p-2. The van der Waals surface area contributed by atoms with Gasteiger partial charge in [-0.25, -0.2) is 9.97 Å². The van der Waals surface area contributed by atoms with Crippen LogP contribution in [0, 0.1) is 0 Å². The molecule has 0 radical (unpaired) electrons. The van der Waals surface area contributed by atoms with Crippen molar-refractivity contribution in [3.63, 3.8) is 0 Å². The van der Waals surface area contributed by atoms with Gasteiger partial charge in [0.2, 0.25) is 11.8 Å². The summed E-state index contributed by atoms with van der Waals surface area (Å²) < 4.78 is 0. The van der Waals surface area contributed by atoms with Crippen molar-refractivity contribution in [1.29, 1.82) is 0 Å². The van der Waals surface area contributed by atoms with Crippen molar-refractivity contribution < 1.29 is 29.4 Å². The minimum atomic E-state index is -1.28. The van der Waals surface area contributed by atoms with E-state index in [2.05, 4.69) is 30.6 Å². The van der Waals surface area contributed by atoms with E-state index in [4.69, 9.17) is 0 Å². The number of hydrogen-bond donors (Lipinski definition) is 4. The molecule has 0 aliphatic heterocycles. The van der Waals surface area contributed by atoms with Crippen molar-refractivity contribution in [2.24, 2.45) is 0 Å². The maximum Gasteiger partial charge on any atom is 2.00 e. The molecule has 15 heteroatoms. The molecule has 0 aliphatic rings. The fourth-order valence-electron chi connectivity index (χ4n) is 3.13. The Hall–Kier alpha value is -2.78. The molecule has 0 aliphatic carbocycles. The van der Waals surface area contributed by atoms with Crippen LogP contribution in [0.5, 0.6) is 0 Å². The molecule has 2 aromatic heterocycles. The van der Waals surface area contributed by atoms with E-state index in [0.717, 1.165) is 45.6 Å². The Balaban J connectivity index is 0.000000267. The Morgan fingerprint density at radius 1 is 0.744 bits per heavy atom. The van der Waals surface area contributed by atoms with Crippen molar-refractivity contribution in [1.82, 2.24) is 30.6 Å². The van der Waals surface area contributed by atoms with Crippen LogP contribution in [0.4, 0.5) is 0 Å². The SMILES string of the molecule is CNC(=O)CC(Sc1nc2ccccc2[nH]1)C(=O)[O-].CNC(=O)CC(Sc1nc2ccccc2[nH]1)C(=O)[O-].[Ca+2]. The molecule has 2 unspecified atom stereocenters. The number of fused-ring (bicyclic) bond motifs is 2. The predicted octanol–water partition coefficient (Wildman–Crippen LogP) is -0.562. The molecule has 2 heterocycles. The van der Waals surface area contributed by atoms with Crippen LogP contribution in [0.15, 0.2) is 58.8 Å². The molecule has 0 fully saturated rings. The number of carbonyl (C=O) groups excluding carboxylic acids is 4. The number of rotatable bonds is 10. The molecule has 4 N–H and O–H groups in total. The topological polar surface area (TPSA) is 196 Å². The molecule has 0 bridgehead atoms. The summed E-state index contributed by atoms with van der Waals surface area (Å²) in [7, 11) is 2.92. The van der Waals surface area contributed by atoms with Gasteiger partial charge in [0, 0.05) is 26.9 Å². The number of aromatic amines is 2. The summed E-state index contributed by atoms with van der Waals surface area (Å²) in [5.74, 6) is -3.27. The zero-order chi connectivity index (χ0) is 27.7. The van der Waals surface area contributed by atoms with Gasteiger partial charge in [0.05, 0.1) is 44.5 Å². The number of nitrogens with zero attached hydrogens (tertiary/aromatic N) is 2. The minimum Gasteiger partial charge on any atom is -0.549 e. The van der Waals surface area contributed by atoms with Crippen molar-refractivity contribution in [3.05, 3.63) is 48.5 Å². The van der Waals surface area contributed by atoms with Crippen LogP contribution in [-0.2, 0) is 19.2 Å². The van der Waals surface area contributed by atoms with E-state index in [0.29, 0.717) is 10.3 Å². The van der Waals surface area contributed by atoms with Gasteiger partial charge in [0.25, 0.3) is 0 Å². The van der Waals surface area contributed by atoms with Gasteiger partial charge in [-0.1, -0.05) is 47.8 Å². The first-order valence-corrected chi connectivity index (χ1v) is 13.0. The number of amides is 2. The molecule has 39 heavy (non-hydrogen) atoms. The summed E-state index contributed by atoms with van der Waals surface area (Å²) >= 11 is 1.95. The Bertz CT molecular complexity index is 1270. The average molecular weight is 597 g/mol. The fraction of sp³-hybridized carbons (Fsp3) is 0.250. The number of H-pyrrole nitrogens is 2. The second-order valence-electron chi connectivity index (χ2n) is 7.72. The van der Waals surface area contributed by atoms with Crippen LogP contribution >= 0.6 is 23.5 Å². The molecule has 4 aromatic rings. The number of imidazole rings is 2. The van der Waals surface area contributed by atoms with Crippen LogP contribution in [0.2, 0.25) is 0 Å². The van der Waals surface area contributed by atoms with E-state index in [1.54, 1.807) is 0 Å². The molecule has 2 amide bonds. The summed E-state index contributed by atoms with van der Waals surface area (Å²) in [5.41, 5.74) is 3.15. The molecule has 0 saturated carbocycles. The van der Waals surface area contributed by atoms with Crippen LogP contribution < -0.4 is 20.8 Å². The summed E-state index contributed by atoms with van der Waals surface area (Å²) in [6, 6.07) is 14.7. The smallest absolute Gasteiger partial charge is 0.549 e. The Morgan fingerprint density at radius 3 is 1.41 bits per heavy atom. The van der Waals surface area contributed by atoms with Gasteiger partial charge in [0.1, 0.15) is 0 Å². The van der Waals surface area contributed by atoms with Crippen LogP contribution in [-0.4, -0.2) is 106 Å². The Labute approximate surface area is 261 Å². The number of hydrogen-bond acceptors (Lipinski definition) is 10. The van der Waals surface area contributed by atoms with Gasteiger partial charge in [-0.05, 0) is 24.3 Å². The molecule has 0 saturated heterocycles. The van der Waals surface area contributed by atoms with Crippen molar-refractivity contribution in [2.75, 3.05) is 14.1 Å². The second kappa shape index (κ2) is 15.7. The number of thioether (sulfide) groups is 2. The first-order chi connectivity index (χ1) is 18.2. The van der Waals surface area contributed by atoms with Gasteiger partial charge in [0.15, 0.2) is 10.3 Å². The minimum absolute atomic E-state index is 0. The number of aromatic nitrogens is 4. The maximum absolute atomic E-state index is 11.2. The van der Waals surface area contributed by atoms with Gasteiger partial charge in [-0.15, -0.1) is 0 Å². The van der Waals surface area contributed by atoms with Crippen LogP contribution in [0.1, 0.15) is 12.8 Å². The molecule has 0 spiro atoms. The van der Waals surface area contributed by atoms with Gasteiger partial charge in [-0.3, -0.25) is 9.59 Å². The maximum atomic E-state index is 11.2. The monoisotopic (exact) mass is 596 g/mol. The summed E-state index contributed by atoms with van der Waals surface area (Å²) in [4.78, 5) is 59.0. The molecule has 2 aromatic carbocycles. The number of carbonyl (C=O) groups is 4. The summed E-state index contributed by atoms with van der Waals surface area (Å²) in [6.45, 7) is 0. The zero-order valence-corrected chi connectivity index (χ0v) is 24.9. The average Bonchev–Trinajstić information content (AvgIpc) is 3.50. The van der Waals surface area contributed by atoms with E-state index >= 15 is 0 Å². The third-order valence-corrected chi connectivity index (χ3v) is 7.19. The normalized spacial score (nSPS) is 11.9. The third-order valence-electron chi connectivity index (χ3n) is 5.07. The van der Waals surface area contributed by atoms with Gasteiger partial charge >= 0.3 is 37.7 Å². The molecule has 200 valence electrons. The quantitative estimate of drug-likeness (QED) is 0.136. The first kappa shape index (κ1) is 32.4. The number of para-hydroxylation sites is 4. The van der Waals surface area contributed by atoms with E-state index in [-0.39, 0.29) is 62.4 Å². The number of aliphatic carboxylic acids is 2. The molecule has 4 rings (SSSR count). The molecular formula is C24H24CaN6O6S2. The van der Waals surface area contributed by atoms with E-state index in [1.165, 1.54) is 14.1 Å².